The number of hydrogen-bond acceptors (Lipinski definition) is 2. The van der Waals surface area contributed by atoms with E-state index < -0.39 is 0 Å². The molecule has 0 fully saturated rings. The number of halogens is 1. The maximum absolute atomic E-state index is 5.29. The molecule has 1 aromatic heterocycles. The van der Waals surface area contributed by atoms with Gasteiger partial charge in [-0.15, -0.1) is 0 Å². The molecule has 5 heteroatoms. The molecule has 0 radical (unpaired) electrons. The van der Waals surface area contributed by atoms with Crippen molar-refractivity contribution in [3.8, 4) is 0 Å². The molecule has 0 bridgehead atoms. The Balaban J connectivity index is 1.94. The van der Waals surface area contributed by atoms with Gasteiger partial charge in [-0.3, -0.25) is 0 Å². The second-order valence-electron chi connectivity index (χ2n) is 4.26. The second-order valence-corrected chi connectivity index (χ2v) is 5.17. The Morgan fingerprint density at radius 3 is 2.85 bits per heavy atom. The highest BCUT2D eigenvalue weighted by Gasteiger charge is 2.00. The van der Waals surface area contributed by atoms with Gasteiger partial charge in [-0.2, -0.15) is 0 Å². The number of furan rings is 1. The van der Waals surface area contributed by atoms with Gasteiger partial charge in [-0.05, 0) is 36.8 Å². The highest BCUT2D eigenvalue weighted by atomic mass is 79.9. The fourth-order valence-corrected chi connectivity index (χ4v) is 2.18. The maximum Gasteiger partial charge on any atom is 0.191 e. The van der Waals surface area contributed by atoms with E-state index in [2.05, 4.69) is 43.7 Å². The molecule has 0 amide bonds. The molecule has 1 heterocycles. The molecule has 0 aliphatic carbocycles. The van der Waals surface area contributed by atoms with Gasteiger partial charge in [0.25, 0.3) is 0 Å². The van der Waals surface area contributed by atoms with Crippen molar-refractivity contribution in [1.82, 2.24) is 10.6 Å². The lowest BCUT2D eigenvalue weighted by Gasteiger charge is -2.10. The molecule has 106 valence electrons. The Morgan fingerprint density at radius 2 is 2.15 bits per heavy atom. The van der Waals surface area contributed by atoms with Crippen LogP contribution >= 0.6 is 15.9 Å². The van der Waals surface area contributed by atoms with Gasteiger partial charge in [0.2, 0.25) is 0 Å². The zero-order valence-corrected chi connectivity index (χ0v) is 13.0. The highest BCUT2D eigenvalue weighted by Crippen LogP contribution is 2.12. The third kappa shape index (κ3) is 4.74. The lowest BCUT2D eigenvalue weighted by molar-refractivity contribution is 0.501. The first-order valence-corrected chi connectivity index (χ1v) is 7.36. The van der Waals surface area contributed by atoms with Crippen LogP contribution in [-0.2, 0) is 13.1 Å². The molecule has 2 N–H and O–H groups in total. The van der Waals surface area contributed by atoms with Crippen LogP contribution in [-0.4, -0.2) is 12.5 Å². The predicted molar refractivity (Wildman–Crippen MR) is 84.5 cm³/mol. The predicted octanol–water partition coefficient (Wildman–Crippen LogP) is 3.30. The summed E-state index contributed by atoms with van der Waals surface area (Å²) in [5, 5.41) is 6.46. The van der Waals surface area contributed by atoms with Crippen molar-refractivity contribution in [2.24, 2.45) is 4.99 Å². The lowest BCUT2D eigenvalue weighted by Crippen LogP contribution is -2.36. The van der Waals surface area contributed by atoms with E-state index in [1.54, 1.807) is 6.26 Å². The molecule has 0 unspecified atom stereocenters. The molecule has 4 nitrogen and oxygen atoms in total. The van der Waals surface area contributed by atoms with Crippen molar-refractivity contribution >= 4 is 21.9 Å². The SMILES string of the molecule is CCNC(=NCc1cccc(Br)c1)NCc1ccco1. The summed E-state index contributed by atoms with van der Waals surface area (Å²) >= 11 is 3.46. The second kappa shape index (κ2) is 7.75. The lowest BCUT2D eigenvalue weighted by atomic mass is 10.2. The summed E-state index contributed by atoms with van der Waals surface area (Å²) in [5.41, 5.74) is 1.16. The van der Waals surface area contributed by atoms with Crippen LogP contribution in [0.5, 0.6) is 0 Å². The van der Waals surface area contributed by atoms with Gasteiger partial charge in [0.15, 0.2) is 5.96 Å². The minimum absolute atomic E-state index is 0.622. The number of guanidine groups is 1. The van der Waals surface area contributed by atoms with Crippen LogP contribution in [0.3, 0.4) is 0 Å². The van der Waals surface area contributed by atoms with E-state index >= 15 is 0 Å². The van der Waals surface area contributed by atoms with Crippen molar-refractivity contribution in [2.75, 3.05) is 6.54 Å². The standard InChI is InChI=1S/C15H18BrN3O/c1-2-17-15(19-11-14-7-4-8-20-14)18-10-12-5-3-6-13(16)9-12/h3-9H,2,10-11H2,1H3,(H2,17,18,19). The van der Waals surface area contributed by atoms with Crippen molar-refractivity contribution in [3.63, 3.8) is 0 Å². The first kappa shape index (κ1) is 14.7. The largest absolute Gasteiger partial charge is 0.467 e. The monoisotopic (exact) mass is 335 g/mol. The number of nitrogens with one attached hydrogen (secondary N) is 2. The van der Waals surface area contributed by atoms with E-state index in [4.69, 9.17) is 4.42 Å². The molecular formula is C15H18BrN3O. The van der Waals surface area contributed by atoms with Crippen LogP contribution < -0.4 is 10.6 Å². The molecule has 0 spiro atoms. The zero-order valence-electron chi connectivity index (χ0n) is 11.4. The number of nitrogens with zero attached hydrogens (tertiary/aromatic N) is 1. The summed E-state index contributed by atoms with van der Waals surface area (Å²) in [7, 11) is 0. The van der Waals surface area contributed by atoms with Crippen LogP contribution in [0.4, 0.5) is 0 Å². The molecule has 2 aromatic rings. The molecule has 0 aliphatic heterocycles. The van der Waals surface area contributed by atoms with Crippen LogP contribution in [0.25, 0.3) is 0 Å². The Hall–Kier alpha value is -1.75. The van der Waals surface area contributed by atoms with Gasteiger partial charge < -0.3 is 15.1 Å². The van der Waals surface area contributed by atoms with E-state index in [1.807, 2.05) is 31.2 Å². The van der Waals surface area contributed by atoms with Crippen molar-refractivity contribution in [1.29, 1.82) is 0 Å². The van der Waals surface area contributed by atoms with E-state index in [-0.39, 0.29) is 0 Å². The summed E-state index contributed by atoms with van der Waals surface area (Å²) < 4.78 is 6.36. The summed E-state index contributed by atoms with van der Waals surface area (Å²) in [6.45, 7) is 4.12. The maximum atomic E-state index is 5.29. The normalized spacial score (nSPS) is 11.4. The molecule has 0 saturated carbocycles. The van der Waals surface area contributed by atoms with Gasteiger partial charge in [0.1, 0.15) is 5.76 Å². The summed E-state index contributed by atoms with van der Waals surface area (Å²) in [6.07, 6.45) is 1.67. The average Bonchev–Trinajstić information content (AvgIpc) is 2.95. The third-order valence-corrected chi connectivity index (χ3v) is 3.16. The topological polar surface area (TPSA) is 49.6 Å². The summed E-state index contributed by atoms with van der Waals surface area (Å²) in [6, 6.07) is 12.0. The first-order chi connectivity index (χ1) is 9.78. The molecular weight excluding hydrogens is 318 g/mol. The molecule has 1 aromatic carbocycles. The zero-order chi connectivity index (χ0) is 14.2. The van der Waals surface area contributed by atoms with Crippen LogP contribution in [0.2, 0.25) is 0 Å². The van der Waals surface area contributed by atoms with Crippen LogP contribution in [0, 0.1) is 0 Å². The van der Waals surface area contributed by atoms with Gasteiger partial charge in [0.05, 0.1) is 19.4 Å². The number of aliphatic imine (C=N–C) groups is 1. The smallest absolute Gasteiger partial charge is 0.191 e. The number of benzene rings is 1. The van der Waals surface area contributed by atoms with Crippen LogP contribution in [0.15, 0.2) is 56.5 Å². The van der Waals surface area contributed by atoms with Gasteiger partial charge in [0, 0.05) is 11.0 Å². The van der Waals surface area contributed by atoms with E-state index in [9.17, 15) is 0 Å². The average molecular weight is 336 g/mol. The van der Waals surface area contributed by atoms with E-state index in [1.165, 1.54) is 0 Å². The molecule has 2 rings (SSSR count). The van der Waals surface area contributed by atoms with E-state index in [0.717, 1.165) is 28.3 Å². The number of rotatable bonds is 5. The highest BCUT2D eigenvalue weighted by molar-refractivity contribution is 9.10. The Morgan fingerprint density at radius 1 is 1.25 bits per heavy atom. The quantitative estimate of drug-likeness (QED) is 0.651. The van der Waals surface area contributed by atoms with Crippen LogP contribution in [0.1, 0.15) is 18.2 Å². The Bertz CT molecular complexity index is 552. The molecule has 0 aliphatic rings. The summed E-state index contributed by atoms with van der Waals surface area (Å²) in [4.78, 5) is 4.56. The Kier molecular flexibility index (Phi) is 5.68. The van der Waals surface area contributed by atoms with Gasteiger partial charge in [-0.1, -0.05) is 28.1 Å². The minimum Gasteiger partial charge on any atom is -0.467 e. The van der Waals surface area contributed by atoms with Gasteiger partial charge >= 0.3 is 0 Å². The van der Waals surface area contributed by atoms with E-state index in [0.29, 0.717) is 13.1 Å². The molecule has 20 heavy (non-hydrogen) atoms. The summed E-state index contributed by atoms with van der Waals surface area (Å²) in [5.74, 6) is 1.67. The fourth-order valence-electron chi connectivity index (χ4n) is 1.73. The molecule has 0 saturated heterocycles. The fraction of sp³-hybridized carbons (Fsp3) is 0.267. The van der Waals surface area contributed by atoms with Gasteiger partial charge in [-0.25, -0.2) is 4.99 Å². The number of hydrogen-bond donors (Lipinski definition) is 2. The van der Waals surface area contributed by atoms with Crippen molar-refractivity contribution < 1.29 is 4.42 Å². The Labute approximate surface area is 127 Å². The first-order valence-electron chi connectivity index (χ1n) is 6.57. The third-order valence-electron chi connectivity index (χ3n) is 2.66. The van der Waals surface area contributed by atoms with Crippen molar-refractivity contribution in [3.05, 3.63) is 58.5 Å². The molecule has 0 atom stereocenters. The van der Waals surface area contributed by atoms with Crippen molar-refractivity contribution in [2.45, 2.75) is 20.0 Å². The minimum atomic E-state index is 0.622.